The van der Waals surface area contributed by atoms with Gasteiger partial charge in [-0.25, -0.2) is 4.99 Å². The van der Waals surface area contributed by atoms with Crippen LogP contribution in [-0.2, 0) is 15.1 Å². The molecule has 2 aromatic rings. The van der Waals surface area contributed by atoms with E-state index in [2.05, 4.69) is 5.32 Å². The Morgan fingerprint density at radius 1 is 1.18 bits per heavy atom. The molecule has 1 fully saturated rings. The van der Waals surface area contributed by atoms with Crippen LogP contribution in [-0.4, -0.2) is 50.2 Å². The van der Waals surface area contributed by atoms with E-state index in [1.807, 2.05) is 43.3 Å². The zero-order valence-corrected chi connectivity index (χ0v) is 19.8. The first kappa shape index (κ1) is 23.2. The Morgan fingerprint density at radius 2 is 1.91 bits per heavy atom. The van der Waals surface area contributed by atoms with Crippen molar-refractivity contribution in [1.29, 1.82) is 0 Å². The van der Waals surface area contributed by atoms with E-state index in [0.29, 0.717) is 35.4 Å². The SMILES string of the molecule is COc1ccc(Nc2cccc([C@]3(C)CC(=O)N(C4CCOCC4)C(N)=N3)c2Cl)cc1OC. The van der Waals surface area contributed by atoms with Gasteiger partial charge in [-0.2, -0.15) is 0 Å². The highest BCUT2D eigenvalue weighted by atomic mass is 35.5. The number of carbonyl (C=O) groups is 1. The van der Waals surface area contributed by atoms with E-state index >= 15 is 0 Å². The number of nitrogens with zero attached hydrogens (tertiary/aromatic N) is 2. The molecule has 4 rings (SSSR count). The second kappa shape index (κ2) is 9.49. The lowest BCUT2D eigenvalue weighted by molar-refractivity contribution is -0.132. The fourth-order valence-electron chi connectivity index (χ4n) is 4.46. The zero-order valence-electron chi connectivity index (χ0n) is 19.1. The molecule has 0 aromatic heterocycles. The minimum absolute atomic E-state index is 0.0214. The number of aliphatic imine (C=N–C) groups is 1. The monoisotopic (exact) mass is 472 g/mol. The first-order chi connectivity index (χ1) is 15.9. The molecule has 0 aliphatic carbocycles. The van der Waals surface area contributed by atoms with Gasteiger partial charge in [0.05, 0.1) is 36.9 Å². The number of halogens is 1. The molecular formula is C24H29ClN4O4. The van der Waals surface area contributed by atoms with Crippen LogP contribution in [0.2, 0.25) is 5.02 Å². The molecule has 1 amide bonds. The maximum Gasteiger partial charge on any atom is 0.232 e. The van der Waals surface area contributed by atoms with Gasteiger partial charge in [0.1, 0.15) is 0 Å². The van der Waals surface area contributed by atoms with Gasteiger partial charge in [0, 0.05) is 36.6 Å². The molecule has 176 valence electrons. The minimum Gasteiger partial charge on any atom is -0.493 e. The molecular weight excluding hydrogens is 444 g/mol. The lowest BCUT2D eigenvalue weighted by Crippen LogP contribution is -2.55. The summed E-state index contributed by atoms with van der Waals surface area (Å²) in [5, 5.41) is 3.81. The summed E-state index contributed by atoms with van der Waals surface area (Å²) in [6.07, 6.45) is 1.69. The standard InChI is InChI=1S/C24H29ClN4O4/c1-24(14-21(30)29(23(26)28-24)16-9-11-33-12-10-16)17-5-4-6-18(22(17)25)27-15-7-8-19(31-2)20(13-15)32-3/h4-8,13,16,27H,9-12,14H2,1-3H3,(H2,26,28)/t24-/m0/s1. The average molecular weight is 473 g/mol. The van der Waals surface area contributed by atoms with Crippen molar-refractivity contribution in [3.8, 4) is 11.5 Å². The maximum absolute atomic E-state index is 13.2. The van der Waals surface area contributed by atoms with Crippen LogP contribution in [0.4, 0.5) is 11.4 Å². The third kappa shape index (κ3) is 4.58. The van der Waals surface area contributed by atoms with E-state index in [0.717, 1.165) is 24.1 Å². The number of hydrogen-bond acceptors (Lipinski definition) is 7. The van der Waals surface area contributed by atoms with Gasteiger partial charge < -0.3 is 25.3 Å². The van der Waals surface area contributed by atoms with Crippen LogP contribution in [0, 0.1) is 0 Å². The normalized spacial score (nSPS) is 21.5. The van der Waals surface area contributed by atoms with Gasteiger partial charge in [-0.15, -0.1) is 0 Å². The number of benzene rings is 2. The molecule has 0 saturated carbocycles. The van der Waals surface area contributed by atoms with Crippen LogP contribution in [0.25, 0.3) is 0 Å². The molecule has 33 heavy (non-hydrogen) atoms. The van der Waals surface area contributed by atoms with E-state index in [1.165, 1.54) is 0 Å². The van der Waals surface area contributed by atoms with Crippen LogP contribution in [0.3, 0.4) is 0 Å². The fraction of sp³-hybridized carbons (Fsp3) is 0.417. The van der Waals surface area contributed by atoms with Crippen LogP contribution in [0.5, 0.6) is 11.5 Å². The quantitative estimate of drug-likeness (QED) is 0.658. The number of methoxy groups -OCH3 is 2. The summed E-state index contributed by atoms with van der Waals surface area (Å²) in [5.41, 5.74) is 7.66. The second-order valence-corrected chi connectivity index (χ2v) is 8.77. The lowest BCUT2D eigenvalue weighted by atomic mass is 9.86. The number of nitrogens with two attached hydrogens (primary N) is 1. The van der Waals surface area contributed by atoms with E-state index in [1.54, 1.807) is 19.1 Å². The third-order valence-electron chi connectivity index (χ3n) is 6.17. The Hall–Kier alpha value is -2.97. The number of carbonyl (C=O) groups excluding carboxylic acids is 1. The molecule has 8 nitrogen and oxygen atoms in total. The highest BCUT2D eigenvalue weighted by Gasteiger charge is 2.41. The Morgan fingerprint density at radius 3 is 2.58 bits per heavy atom. The first-order valence-corrected chi connectivity index (χ1v) is 11.3. The topological polar surface area (TPSA) is 98.4 Å². The number of ether oxygens (including phenoxy) is 3. The predicted molar refractivity (Wildman–Crippen MR) is 129 cm³/mol. The van der Waals surface area contributed by atoms with Crippen LogP contribution < -0.4 is 20.5 Å². The Bertz CT molecular complexity index is 1070. The van der Waals surface area contributed by atoms with Crippen LogP contribution in [0.1, 0.15) is 31.7 Å². The van der Waals surface area contributed by atoms with Crippen molar-refractivity contribution in [2.45, 2.75) is 37.8 Å². The molecule has 3 N–H and O–H groups in total. The fourth-order valence-corrected chi connectivity index (χ4v) is 4.83. The Balaban J connectivity index is 1.63. The van der Waals surface area contributed by atoms with E-state index in [-0.39, 0.29) is 24.3 Å². The molecule has 0 spiro atoms. The van der Waals surface area contributed by atoms with Crippen molar-refractivity contribution in [2.75, 3.05) is 32.8 Å². The summed E-state index contributed by atoms with van der Waals surface area (Å²) < 4.78 is 16.1. The van der Waals surface area contributed by atoms with Gasteiger partial charge >= 0.3 is 0 Å². The van der Waals surface area contributed by atoms with Crippen molar-refractivity contribution in [3.63, 3.8) is 0 Å². The number of amides is 1. The van der Waals surface area contributed by atoms with E-state index < -0.39 is 5.54 Å². The minimum atomic E-state index is -0.866. The molecule has 1 saturated heterocycles. The van der Waals surface area contributed by atoms with Crippen molar-refractivity contribution < 1.29 is 19.0 Å². The van der Waals surface area contributed by atoms with Crippen LogP contribution in [0.15, 0.2) is 41.4 Å². The maximum atomic E-state index is 13.2. The first-order valence-electron chi connectivity index (χ1n) is 10.9. The number of hydrogen-bond donors (Lipinski definition) is 2. The number of rotatable bonds is 6. The van der Waals surface area contributed by atoms with Gasteiger partial charge in [-0.3, -0.25) is 9.69 Å². The molecule has 2 aromatic carbocycles. The second-order valence-electron chi connectivity index (χ2n) is 8.39. The van der Waals surface area contributed by atoms with Gasteiger partial charge in [0.25, 0.3) is 0 Å². The van der Waals surface area contributed by atoms with Crippen molar-refractivity contribution in [1.82, 2.24) is 4.90 Å². The molecule has 9 heteroatoms. The smallest absolute Gasteiger partial charge is 0.232 e. The molecule has 2 heterocycles. The molecule has 1 atom stereocenters. The molecule has 0 radical (unpaired) electrons. The van der Waals surface area contributed by atoms with E-state index in [9.17, 15) is 4.79 Å². The van der Waals surface area contributed by atoms with Gasteiger partial charge in [0.15, 0.2) is 17.5 Å². The van der Waals surface area contributed by atoms with Crippen molar-refractivity contribution >= 4 is 34.8 Å². The molecule has 2 aliphatic heterocycles. The van der Waals surface area contributed by atoms with Gasteiger partial charge in [0.2, 0.25) is 5.91 Å². The number of nitrogens with one attached hydrogen (secondary N) is 1. The van der Waals surface area contributed by atoms with Crippen molar-refractivity contribution in [3.05, 3.63) is 47.0 Å². The van der Waals surface area contributed by atoms with Crippen molar-refractivity contribution in [2.24, 2.45) is 10.7 Å². The largest absolute Gasteiger partial charge is 0.493 e. The Labute approximate surface area is 198 Å². The lowest BCUT2D eigenvalue weighted by Gasteiger charge is -2.40. The highest BCUT2D eigenvalue weighted by molar-refractivity contribution is 6.34. The summed E-state index contributed by atoms with van der Waals surface area (Å²) in [4.78, 5) is 19.5. The highest BCUT2D eigenvalue weighted by Crippen LogP contribution is 2.42. The zero-order chi connectivity index (χ0) is 23.6. The van der Waals surface area contributed by atoms with Gasteiger partial charge in [-0.1, -0.05) is 23.7 Å². The van der Waals surface area contributed by atoms with Gasteiger partial charge in [-0.05, 0) is 38.0 Å². The summed E-state index contributed by atoms with van der Waals surface area (Å²) in [6.45, 7) is 3.13. The van der Waals surface area contributed by atoms with Crippen LogP contribution >= 0.6 is 11.6 Å². The number of guanidine groups is 1. The number of anilines is 2. The third-order valence-corrected chi connectivity index (χ3v) is 6.58. The molecule has 2 aliphatic rings. The summed E-state index contributed by atoms with van der Waals surface area (Å²) in [7, 11) is 3.18. The Kier molecular flexibility index (Phi) is 6.67. The predicted octanol–water partition coefficient (Wildman–Crippen LogP) is 4.04. The average Bonchev–Trinajstić information content (AvgIpc) is 2.80. The molecule has 0 unspecified atom stereocenters. The molecule has 0 bridgehead atoms. The van der Waals surface area contributed by atoms with E-state index in [4.69, 9.17) is 36.5 Å². The summed E-state index contributed by atoms with van der Waals surface area (Å²) in [5.74, 6) is 1.42. The summed E-state index contributed by atoms with van der Waals surface area (Å²) in [6, 6.07) is 11.2. The summed E-state index contributed by atoms with van der Waals surface area (Å²) >= 11 is 6.82.